The second-order valence-electron chi connectivity index (χ2n) is 4.31. The van der Waals surface area contributed by atoms with Gasteiger partial charge in [0.2, 0.25) is 5.75 Å². The number of phenolic OH excluding ortho intramolecular Hbond substituents is 2. The van der Waals surface area contributed by atoms with Crippen LogP contribution in [-0.4, -0.2) is 37.6 Å². The molecule has 3 rings (SSSR count). The molecule has 1 aliphatic heterocycles. The van der Waals surface area contributed by atoms with Gasteiger partial charge in [0.15, 0.2) is 28.7 Å². The van der Waals surface area contributed by atoms with Gasteiger partial charge in [-0.1, -0.05) is 12.1 Å². The fourth-order valence-electron chi connectivity index (χ4n) is 1.88. The van der Waals surface area contributed by atoms with E-state index >= 15 is 0 Å². The van der Waals surface area contributed by atoms with Gasteiger partial charge in [0, 0.05) is 0 Å². The highest BCUT2D eigenvalue weighted by Gasteiger charge is 2.15. The molecule has 2 N–H and O–H groups in total. The molecule has 22 heavy (non-hydrogen) atoms. The minimum absolute atomic E-state index is 0.167. The first kappa shape index (κ1) is 15.6. The second kappa shape index (κ2) is 7.31. The molecule has 0 amide bonds. The molecule has 0 saturated carbocycles. The van der Waals surface area contributed by atoms with E-state index in [1.54, 1.807) is 19.2 Å². The fraction of sp³-hybridized carbons (Fsp3) is 0.250. The molecule has 0 atom stereocenters. The van der Waals surface area contributed by atoms with Crippen molar-refractivity contribution in [2.45, 2.75) is 0 Å². The molecule has 0 aliphatic carbocycles. The maximum Gasteiger partial charge on any atom is 0.203 e. The van der Waals surface area contributed by atoms with Crippen LogP contribution in [-0.2, 0) is 0 Å². The van der Waals surface area contributed by atoms with Crippen LogP contribution >= 0.6 is 0 Å². The van der Waals surface area contributed by atoms with Crippen LogP contribution in [0.4, 0.5) is 0 Å². The summed E-state index contributed by atoms with van der Waals surface area (Å²) in [4.78, 5) is 0. The number of phenols is 2. The predicted octanol–water partition coefficient (Wildman–Crippen LogP) is 2.57. The summed E-state index contributed by atoms with van der Waals surface area (Å²) in [5.74, 6) is 2.10. The highest BCUT2D eigenvalue weighted by Crippen LogP contribution is 2.38. The van der Waals surface area contributed by atoms with Crippen LogP contribution in [0.1, 0.15) is 0 Å². The van der Waals surface area contributed by atoms with E-state index in [1.807, 2.05) is 18.2 Å². The molecule has 0 bridgehead atoms. The number of benzene rings is 2. The van der Waals surface area contributed by atoms with Crippen molar-refractivity contribution in [1.29, 1.82) is 0 Å². The van der Waals surface area contributed by atoms with Crippen LogP contribution in [0.15, 0.2) is 36.4 Å². The predicted molar refractivity (Wildman–Crippen MR) is 80.3 cm³/mol. The standard InChI is InChI=1S/C9H10O3.C7H8O3/c1-10-7-3-2-4-8-9(7)12-6-5-11-8;1-10-6-4-2-3-5(8)7(6)9/h2-4H,5-6H2,1H3;2-4,8-9H,1H3. The number of para-hydroxylation sites is 2. The zero-order valence-corrected chi connectivity index (χ0v) is 12.4. The SMILES string of the molecule is COc1cccc(O)c1O.COc1cccc2c1OCCO2. The number of aromatic hydroxyl groups is 2. The van der Waals surface area contributed by atoms with Gasteiger partial charge in [-0.3, -0.25) is 0 Å². The van der Waals surface area contributed by atoms with E-state index < -0.39 is 0 Å². The maximum atomic E-state index is 9.02. The third-order valence-electron chi connectivity index (χ3n) is 2.95. The molecule has 6 heteroatoms. The number of hydrogen-bond donors (Lipinski definition) is 2. The van der Waals surface area contributed by atoms with Gasteiger partial charge in [-0.05, 0) is 24.3 Å². The molecule has 0 saturated heterocycles. The molecule has 2 aromatic rings. The van der Waals surface area contributed by atoms with Gasteiger partial charge < -0.3 is 29.2 Å². The quantitative estimate of drug-likeness (QED) is 0.830. The number of hydrogen-bond acceptors (Lipinski definition) is 6. The number of ether oxygens (including phenoxy) is 4. The lowest BCUT2D eigenvalue weighted by Crippen LogP contribution is -2.15. The molecule has 0 fully saturated rings. The van der Waals surface area contributed by atoms with E-state index in [2.05, 4.69) is 0 Å². The highest BCUT2D eigenvalue weighted by molar-refractivity contribution is 5.51. The van der Waals surface area contributed by atoms with E-state index in [0.29, 0.717) is 19.0 Å². The molecule has 1 heterocycles. The molecule has 1 aliphatic rings. The average Bonchev–Trinajstić information content (AvgIpc) is 2.57. The summed E-state index contributed by atoms with van der Waals surface area (Å²) in [5.41, 5.74) is 0. The minimum atomic E-state index is -0.218. The number of methoxy groups -OCH3 is 2. The monoisotopic (exact) mass is 306 g/mol. The van der Waals surface area contributed by atoms with Crippen molar-refractivity contribution in [3.05, 3.63) is 36.4 Å². The Morgan fingerprint density at radius 2 is 1.50 bits per heavy atom. The first-order valence-electron chi connectivity index (χ1n) is 6.65. The average molecular weight is 306 g/mol. The molecule has 0 aromatic heterocycles. The van der Waals surface area contributed by atoms with Gasteiger partial charge >= 0.3 is 0 Å². The molecular weight excluding hydrogens is 288 g/mol. The molecule has 118 valence electrons. The zero-order valence-electron chi connectivity index (χ0n) is 12.4. The number of rotatable bonds is 2. The van der Waals surface area contributed by atoms with Crippen molar-refractivity contribution in [3.63, 3.8) is 0 Å². The highest BCUT2D eigenvalue weighted by atomic mass is 16.6. The van der Waals surface area contributed by atoms with Gasteiger partial charge in [0.05, 0.1) is 14.2 Å². The van der Waals surface area contributed by atoms with E-state index in [9.17, 15) is 0 Å². The first-order valence-corrected chi connectivity index (χ1v) is 6.65. The lowest BCUT2D eigenvalue weighted by molar-refractivity contribution is 0.165. The van der Waals surface area contributed by atoms with Crippen molar-refractivity contribution in [3.8, 4) is 34.5 Å². The summed E-state index contributed by atoms with van der Waals surface area (Å²) in [7, 11) is 3.04. The van der Waals surface area contributed by atoms with Gasteiger partial charge in [-0.25, -0.2) is 0 Å². The Morgan fingerprint density at radius 1 is 0.864 bits per heavy atom. The van der Waals surface area contributed by atoms with E-state index in [0.717, 1.165) is 11.5 Å². The Hall–Kier alpha value is -2.76. The van der Waals surface area contributed by atoms with Crippen LogP contribution in [0.2, 0.25) is 0 Å². The summed E-state index contributed by atoms with van der Waals surface area (Å²) < 4.78 is 20.6. The Kier molecular flexibility index (Phi) is 5.19. The maximum absolute atomic E-state index is 9.02. The van der Waals surface area contributed by atoms with Crippen LogP contribution in [0, 0.1) is 0 Å². The normalized spacial score (nSPS) is 11.9. The topological polar surface area (TPSA) is 77.4 Å². The van der Waals surface area contributed by atoms with Crippen LogP contribution in [0.3, 0.4) is 0 Å². The second-order valence-corrected chi connectivity index (χ2v) is 4.31. The Balaban J connectivity index is 0.000000164. The third-order valence-corrected chi connectivity index (χ3v) is 2.95. The molecule has 6 nitrogen and oxygen atoms in total. The lowest BCUT2D eigenvalue weighted by Gasteiger charge is -2.19. The smallest absolute Gasteiger partial charge is 0.203 e. The van der Waals surface area contributed by atoms with E-state index in [4.69, 9.17) is 29.2 Å². The van der Waals surface area contributed by atoms with Crippen molar-refractivity contribution in [2.75, 3.05) is 27.4 Å². The van der Waals surface area contributed by atoms with Crippen molar-refractivity contribution < 1.29 is 29.2 Å². The van der Waals surface area contributed by atoms with Gasteiger partial charge in [0.25, 0.3) is 0 Å². The van der Waals surface area contributed by atoms with Crippen LogP contribution < -0.4 is 18.9 Å². The van der Waals surface area contributed by atoms with E-state index in [-0.39, 0.29) is 17.2 Å². The summed E-state index contributed by atoms with van der Waals surface area (Å²) in [5, 5.41) is 17.9. The molecule has 2 aromatic carbocycles. The molecule has 0 radical (unpaired) electrons. The van der Waals surface area contributed by atoms with Gasteiger partial charge in [0.1, 0.15) is 13.2 Å². The van der Waals surface area contributed by atoms with E-state index in [1.165, 1.54) is 13.2 Å². The van der Waals surface area contributed by atoms with Crippen molar-refractivity contribution in [1.82, 2.24) is 0 Å². The third kappa shape index (κ3) is 3.46. The van der Waals surface area contributed by atoms with Crippen molar-refractivity contribution >= 4 is 0 Å². The summed E-state index contributed by atoms with van der Waals surface area (Å²) >= 11 is 0. The Morgan fingerprint density at radius 3 is 2.18 bits per heavy atom. The van der Waals surface area contributed by atoms with Crippen LogP contribution in [0.5, 0.6) is 34.5 Å². The summed E-state index contributed by atoms with van der Waals surface area (Å²) in [6.07, 6.45) is 0. The molecule has 0 spiro atoms. The zero-order chi connectivity index (χ0) is 15.9. The van der Waals surface area contributed by atoms with Crippen molar-refractivity contribution in [2.24, 2.45) is 0 Å². The lowest BCUT2D eigenvalue weighted by atomic mass is 10.3. The summed E-state index contributed by atoms with van der Waals surface area (Å²) in [6, 6.07) is 10.2. The molecule has 0 unspecified atom stereocenters. The fourth-order valence-corrected chi connectivity index (χ4v) is 1.88. The Labute approximate surface area is 128 Å². The van der Waals surface area contributed by atoms with Gasteiger partial charge in [-0.2, -0.15) is 0 Å². The van der Waals surface area contributed by atoms with Gasteiger partial charge in [-0.15, -0.1) is 0 Å². The largest absolute Gasteiger partial charge is 0.504 e. The minimum Gasteiger partial charge on any atom is -0.504 e. The molecular formula is C16H18O6. The first-order chi connectivity index (χ1) is 10.7. The number of fused-ring (bicyclic) bond motifs is 1. The summed E-state index contributed by atoms with van der Waals surface area (Å²) in [6.45, 7) is 1.20. The Bertz CT molecular complexity index is 612. The van der Waals surface area contributed by atoms with Crippen LogP contribution in [0.25, 0.3) is 0 Å².